The van der Waals surface area contributed by atoms with Gasteiger partial charge in [0, 0.05) is 32.2 Å². The molecule has 59 heavy (non-hydrogen) atoms. The Kier molecular flexibility index (Phi) is 27.5. The second kappa shape index (κ2) is 32.5. The van der Waals surface area contributed by atoms with E-state index in [0.29, 0.717) is 42.0 Å². The van der Waals surface area contributed by atoms with Gasteiger partial charge in [0.1, 0.15) is 22.1 Å². The first-order valence-electron chi connectivity index (χ1n) is 24.0. The number of hydrogen-bond donors (Lipinski definition) is 1. The summed E-state index contributed by atoms with van der Waals surface area (Å²) in [6.45, 7) is 8.41. The van der Waals surface area contributed by atoms with Crippen LogP contribution in [0.15, 0.2) is 87.5 Å². The predicted molar refractivity (Wildman–Crippen MR) is 249 cm³/mol. The maximum Gasteiger partial charge on any atom is 0.517 e. The molecule has 0 fully saturated rings. The van der Waals surface area contributed by atoms with Crippen LogP contribution in [0.2, 0.25) is 0 Å². The zero-order valence-electron chi connectivity index (χ0n) is 37.5. The van der Waals surface area contributed by atoms with Crippen molar-refractivity contribution in [2.45, 2.75) is 209 Å². The number of ether oxygens (including phenoxy) is 3. The van der Waals surface area contributed by atoms with Crippen LogP contribution in [-0.4, -0.2) is 31.1 Å². The molecule has 0 aliphatic carbocycles. The van der Waals surface area contributed by atoms with Gasteiger partial charge in [0.2, 0.25) is 0 Å². The Morgan fingerprint density at radius 2 is 0.746 bits per heavy atom. The van der Waals surface area contributed by atoms with Crippen molar-refractivity contribution in [2.75, 3.05) is 19.8 Å². The molecule has 0 radical (unpaired) electrons. The summed E-state index contributed by atoms with van der Waals surface area (Å²) in [4.78, 5) is 15.1. The van der Waals surface area contributed by atoms with E-state index in [1.165, 1.54) is 135 Å². The lowest BCUT2D eigenvalue weighted by atomic mass is 10.1. The lowest BCUT2D eigenvalue weighted by molar-refractivity contribution is 0.150. The standard InChI is InChI=1S/C52H82O6S/c1-4-7-10-13-16-19-22-25-34-41-55-46-44-49(56-42-35-26-23-20-17-14-11-8-5-2)51(50(45-46)57-43-36-27-24-21-18-15-12-9-6-3)59(58-52(53)54,47-37-30-28-31-38-47)48-39-32-29-33-40-48/h28-33,37-40,44-45H,4-27,34-36,41-43H2,1-3H3,(H,53,54). The second-order valence-corrected chi connectivity index (χ2v) is 18.9. The Balaban J connectivity index is 1.94. The smallest absolute Gasteiger partial charge is 0.493 e. The van der Waals surface area contributed by atoms with Crippen LogP contribution < -0.4 is 14.2 Å². The van der Waals surface area contributed by atoms with E-state index in [-0.39, 0.29) is 0 Å². The van der Waals surface area contributed by atoms with Gasteiger partial charge in [0.15, 0.2) is 0 Å². The third-order valence-electron chi connectivity index (χ3n) is 11.2. The molecule has 6 nitrogen and oxygen atoms in total. The summed E-state index contributed by atoms with van der Waals surface area (Å²) < 4.78 is 26.4. The summed E-state index contributed by atoms with van der Waals surface area (Å²) in [5.74, 6) is 1.82. The molecule has 332 valence electrons. The van der Waals surface area contributed by atoms with E-state index >= 15 is 0 Å². The van der Waals surface area contributed by atoms with E-state index in [0.717, 1.165) is 48.3 Å². The minimum atomic E-state index is -2.88. The Labute approximate surface area is 362 Å². The number of unbranched alkanes of at least 4 members (excludes halogenated alkanes) is 24. The fourth-order valence-corrected chi connectivity index (χ4v) is 10.9. The van der Waals surface area contributed by atoms with Crippen molar-refractivity contribution < 1.29 is 28.3 Å². The summed E-state index contributed by atoms with van der Waals surface area (Å²) in [5.41, 5.74) is 0. The van der Waals surface area contributed by atoms with Crippen molar-refractivity contribution in [3.63, 3.8) is 0 Å². The fraction of sp³-hybridized carbons (Fsp3) is 0.635. The summed E-state index contributed by atoms with van der Waals surface area (Å²) in [5, 5.41) is 10.5. The lowest BCUT2D eigenvalue weighted by Crippen LogP contribution is -2.15. The first kappa shape index (κ1) is 50.0. The van der Waals surface area contributed by atoms with Gasteiger partial charge in [0.25, 0.3) is 0 Å². The first-order chi connectivity index (χ1) is 29.1. The first-order valence-corrected chi connectivity index (χ1v) is 25.5. The summed E-state index contributed by atoms with van der Waals surface area (Å²) in [7, 11) is -2.88. The van der Waals surface area contributed by atoms with Crippen molar-refractivity contribution in [1.82, 2.24) is 0 Å². The molecule has 0 atom stereocenters. The highest BCUT2D eigenvalue weighted by atomic mass is 32.3. The van der Waals surface area contributed by atoms with Crippen LogP contribution in [0.1, 0.15) is 194 Å². The summed E-state index contributed by atoms with van der Waals surface area (Å²) in [6.07, 6.45) is 31.8. The molecule has 1 N–H and O–H groups in total. The van der Waals surface area contributed by atoms with E-state index in [4.69, 9.17) is 18.4 Å². The molecular formula is C52H82O6S. The fourth-order valence-electron chi connectivity index (χ4n) is 7.77. The Morgan fingerprint density at radius 3 is 1.07 bits per heavy atom. The summed E-state index contributed by atoms with van der Waals surface area (Å²) >= 11 is 0. The molecule has 0 aliphatic rings. The molecule has 3 aromatic rings. The molecule has 0 amide bonds. The average Bonchev–Trinajstić information content (AvgIpc) is 3.25. The Bertz CT molecular complexity index is 1380. The van der Waals surface area contributed by atoms with Gasteiger partial charge >= 0.3 is 6.16 Å². The minimum Gasteiger partial charge on any atom is -0.493 e. The zero-order valence-corrected chi connectivity index (χ0v) is 38.4. The van der Waals surface area contributed by atoms with Crippen LogP contribution >= 0.6 is 10.3 Å². The summed E-state index contributed by atoms with van der Waals surface area (Å²) in [6, 6.07) is 23.5. The van der Waals surface area contributed by atoms with Gasteiger partial charge in [-0.1, -0.05) is 211 Å². The van der Waals surface area contributed by atoms with Crippen LogP contribution in [0.5, 0.6) is 17.2 Å². The van der Waals surface area contributed by atoms with Gasteiger partial charge in [-0.15, -0.1) is 0 Å². The number of hydrogen-bond acceptors (Lipinski definition) is 5. The van der Waals surface area contributed by atoms with Crippen LogP contribution in [0.25, 0.3) is 0 Å². The van der Waals surface area contributed by atoms with E-state index in [2.05, 4.69) is 20.8 Å². The van der Waals surface area contributed by atoms with E-state index in [1.807, 2.05) is 72.8 Å². The van der Waals surface area contributed by atoms with Gasteiger partial charge in [-0.2, -0.15) is 0 Å². The van der Waals surface area contributed by atoms with E-state index in [1.54, 1.807) is 0 Å². The molecule has 0 heterocycles. The monoisotopic (exact) mass is 835 g/mol. The van der Waals surface area contributed by atoms with E-state index in [9.17, 15) is 9.90 Å². The maximum atomic E-state index is 12.9. The number of carboxylic acid groups (broad SMARTS) is 1. The molecule has 0 unspecified atom stereocenters. The highest BCUT2D eigenvalue weighted by Gasteiger charge is 2.41. The Hall–Kier alpha value is -3.32. The number of rotatable bonds is 37. The molecule has 0 aliphatic heterocycles. The van der Waals surface area contributed by atoms with Crippen LogP contribution in [0.3, 0.4) is 0 Å². The van der Waals surface area contributed by atoms with Crippen molar-refractivity contribution in [2.24, 2.45) is 0 Å². The van der Waals surface area contributed by atoms with Gasteiger partial charge in [-0.05, 0) is 43.5 Å². The van der Waals surface area contributed by atoms with Gasteiger partial charge in [0.05, 0.1) is 19.8 Å². The van der Waals surface area contributed by atoms with Gasteiger partial charge in [-0.3, -0.25) is 0 Å². The second-order valence-electron chi connectivity index (χ2n) is 16.3. The minimum absolute atomic E-state index is 0.508. The van der Waals surface area contributed by atoms with Crippen molar-refractivity contribution in [1.29, 1.82) is 0 Å². The molecule has 0 bridgehead atoms. The van der Waals surface area contributed by atoms with Gasteiger partial charge < -0.3 is 23.5 Å². The molecule has 7 heteroatoms. The van der Waals surface area contributed by atoms with Crippen LogP contribution in [0, 0.1) is 0 Å². The largest absolute Gasteiger partial charge is 0.517 e. The molecule has 3 rings (SSSR count). The molecule has 3 aromatic carbocycles. The van der Waals surface area contributed by atoms with Gasteiger partial charge in [-0.25, -0.2) is 4.79 Å². The lowest BCUT2D eigenvalue weighted by Gasteiger charge is -2.40. The number of carbonyl (C=O) groups is 1. The SMILES string of the molecule is CCCCCCCCCCCOc1cc(OCCCCCCCCCCC)c(S(OC(=O)O)(c2ccccc2)c2ccccc2)c(OCCCCCCCCCCC)c1. The third kappa shape index (κ3) is 19.7. The highest BCUT2D eigenvalue weighted by Crippen LogP contribution is 2.73. The molecular weight excluding hydrogens is 753 g/mol. The maximum absolute atomic E-state index is 12.9. The van der Waals surface area contributed by atoms with E-state index < -0.39 is 16.5 Å². The zero-order chi connectivity index (χ0) is 42.1. The third-order valence-corrected chi connectivity index (χ3v) is 14.4. The molecule has 0 aromatic heterocycles. The average molecular weight is 835 g/mol. The van der Waals surface area contributed by atoms with Crippen LogP contribution in [0.4, 0.5) is 4.79 Å². The predicted octanol–water partition coefficient (Wildman–Crippen LogP) is 17.3. The normalized spacial score (nSPS) is 11.7. The van der Waals surface area contributed by atoms with Crippen molar-refractivity contribution in [3.8, 4) is 17.2 Å². The quantitative estimate of drug-likeness (QED) is 0.0583. The molecule has 0 saturated heterocycles. The van der Waals surface area contributed by atoms with Crippen molar-refractivity contribution >= 4 is 16.5 Å². The molecule has 0 spiro atoms. The van der Waals surface area contributed by atoms with Crippen molar-refractivity contribution in [3.05, 3.63) is 72.8 Å². The Morgan fingerprint density at radius 1 is 0.441 bits per heavy atom. The molecule has 0 saturated carbocycles. The van der Waals surface area contributed by atoms with Crippen LogP contribution in [-0.2, 0) is 4.18 Å². The number of benzene rings is 3. The topological polar surface area (TPSA) is 74.2 Å². The highest BCUT2D eigenvalue weighted by molar-refractivity contribution is 8.30.